The van der Waals surface area contributed by atoms with Crippen LogP contribution in [0.2, 0.25) is 0 Å². The molecule has 20 heavy (non-hydrogen) atoms. The van der Waals surface area contributed by atoms with E-state index in [2.05, 4.69) is 11.4 Å². The molecule has 0 spiro atoms. The molecule has 0 aliphatic carbocycles. The van der Waals surface area contributed by atoms with Gasteiger partial charge in [0.1, 0.15) is 11.1 Å². The molecule has 2 heterocycles. The molecule has 3 rings (SSSR count). The molecule has 1 aliphatic heterocycles. The number of methoxy groups -OCH3 is 1. The van der Waals surface area contributed by atoms with E-state index in [0.717, 1.165) is 18.0 Å². The minimum atomic E-state index is 0.0762. The molecule has 104 valence electrons. The summed E-state index contributed by atoms with van der Waals surface area (Å²) in [6.07, 6.45) is 0. The molecule has 1 saturated heterocycles. The monoisotopic (exact) mass is 305 g/mol. The van der Waals surface area contributed by atoms with Crippen LogP contribution < -0.4 is 4.74 Å². The maximum Gasteiger partial charge on any atom is 0.255 e. The van der Waals surface area contributed by atoms with Gasteiger partial charge in [-0.3, -0.25) is 4.79 Å². The van der Waals surface area contributed by atoms with Crippen LogP contribution in [0.3, 0.4) is 0 Å². The average Bonchev–Trinajstić information content (AvgIpc) is 3.16. The van der Waals surface area contributed by atoms with Gasteiger partial charge in [-0.05, 0) is 29.6 Å². The van der Waals surface area contributed by atoms with Gasteiger partial charge in [-0.25, -0.2) is 0 Å². The van der Waals surface area contributed by atoms with E-state index in [4.69, 9.17) is 4.74 Å². The fourth-order valence-corrected chi connectivity index (χ4v) is 4.50. The molecule has 1 amide bonds. The predicted octanol–water partition coefficient (Wildman–Crippen LogP) is 3.64. The van der Waals surface area contributed by atoms with E-state index in [9.17, 15) is 4.79 Å². The molecule has 0 bridgehead atoms. The fraction of sp³-hybridized carbons (Fsp3) is 0.267. The van der Waals surface area contributed by atoms with Gasteiger partial charge >= 0.3 is 0 Å². The Morgan fingerprint density at radius 2 is 2.25 bits per heavy atom. The quantitative estimate of drug-likeness (QED) is 0.867. The lowest BCUT2D eigenvalue weighted by molar-refractivity contribution is 0.0761. The summed E-state index contributed by atoms with van der Waals surface area (Å²) in [5.41, 5.74) is 0.688. The third-order valence-electron chi connectivity index (χ3n) is 3.26. The van der Waals surface area contributed by atoms with Crippen LogP contribution in [0.1, 0.15) is 20.6 Å². The summed E-state index contributed by atoms with van der Waals surface area (Å²) in [7, 11) is 1.61. The molecule has 0 N–H and O–H groups in total. The van der Waals surface area contributed by atoms with Crippen molar-refractivity contribution in [2.24, 2.45) is 0 Å². The maximum absolute atomic E-state index is 12.7. The lowest BCUT2D eigenvalue weighted by Gasteiger charge is -2.23. The molecule has 5 heteroatoms. The highest BCUT2D eigenvalue weighted by Gasteiger charge is 2.31. The molecule has 2 aromatic rings. The number of thiophene rings is 1. The van der Waals surface area contributed by atoms with Crippen molar-refractivity contribution < 1.29 is 9.53 Å². The molecule has 3 nitrogen and oxygen atoms in total. The Hall–Kier alpha value is -1.46. The molecule has 1 aromatic heterocycles. The highest BCUT2D eigenvalue weighted by atomic mass is 32.2. The molecule has 1 aromatic carbocycles. The number of thioether (sulfide) groups is 1. The summed E-state index contributed by atoms with van der Waals surface area (Å²) in [6, 6.07) is 11.5. The Balaban J connectivity index is 1.85. The van der Waals surface area contributed by atoms with Gasteiger partial charge in [0.2, 0.25) is 0 Å². The standard InChI is InChI=1S/C15H15NO2S2/c1-18-12-5-2-4-11(10-12)14(17)16-7-9-20-15(16)13-6-3-8-19-13/h2-6,8,10,15H,7,9H2,1H3/t15-/m0/s1. The van der Waals surface area contributed by atoms with E-state index < -0.39 is 0 Å². The van der Waals surface area contributed by atoms with E-state index in [1.807, 2.05) is 40.9 Å². The lowest BCUT2D eigenvalue weighted by Crippen LogP contribution is -2.30. The first-order chi connectivity index (χ1) is 9.79. The summed E-state index contributed by atoms with van der Waals surface area (Å²) < 4.78 is 5.19. The molecule has 0 saturated carbocycles. The highest BCUT2D eigenvalue weighted by molar-refractivity contribution is 7.99. The third kappa shape index (κ3) is 2.55. The summed E-state index contributed by atoms with van der Waals surface area (Å²) >= 11 is 3.53. The van der Waals surface area contributed by atoms with E-state index in [-0.39, 0.29) is 11.3 Å². The Bertz CT molecular complexity index is 598. The number of carbonyl (C=O) groups is 1. The van der Waals surface area contributed by atoms with Crippen molar-refractivity contribution in [3.63, 3.8) is 0 Å². The zero-order valence-electron chi connectivity index (χ0n) is 11.1. The van der Waals surface area contributed by atoms with Crippen LogP contribution in [0.25, 0.3) is 0 Å². The first-order valence-electron chi connectivity index (χ1n) is 6.39. The topological polar surface area (TPSA) is 29.5 Å². The second-order valence-electron chi connectivity index (χ2n) is 4.47. The summed E-state index contributed by atoms with van der Waals surface area (Å²) in [6.45, 7) is 0.795. The zero-order chi connectivity index (χ0) is 13.9. The molecule has 1 fully saturated rings. The highest BCUT2D eigenvalue weighted by Crippen LogP contribution is 2.40. The van der Waals surface area contributed by atoms with Gasteiger partial charge in [-0.15, -0.1) is 23.1 Å². The van der Waals surface area contributed by atoms with Crippen LogP contribution in [-0.4, -0.2) is 30.2 Å². The number of nitrogens with zero attached hydrogens (tertiary/aromatic N) is 1. The van der Waals surface area contributed by atoms with Gasteiger partial charge in [0, 0.05) is 22.7 Å². The van der Waals surface area contributed by atoms with Crippen molar-refractivity contribution in [1.29, 1.82) is 0 Å². The van der Waals surface area contributed by atoms with Crippen LogP contribution in [-0.2, 0) is 0 Å². The maximum atomic E-state index is 12.7. The van der Waals surface area contributed by atoms with Crippen LogP contribution >= 0.6 is 23.1 Å². The number of rotatable bonds is 3. The number of carbonyl (C=O) groups excluding carboxylic acids is 1. The molecule has 1 aliphatic rings. The first kappa shape index (κ1) is 13.5. The predicted molar refractivity (Wildman–Crippen MR) is 83.5 cm³/mol. The lowest BCUT2D eigenvalue weighted by atomic mass is 10.2. The Morgan fingerprint density at radius 1 is 1.35 bits per heavy atom. The summed E-state index contributed by atoms with van der Waals surface area (Å²) in [5, 5.41) is 2.20. The van der Waals surface area contributed by atoms with Crippen molar-refractivity contribution in [2.45, 2.75) is 5.37 Å². The smallest absolute Gasteiger partial charge is 0.255 e. The minimum Gasteiger partial charge on any atom is -0.497 e. The molecular weight excluding hydrogens is 290 g/mol. The Kier molecular flexibility index (Phi) is 3.98. The van der Waals surface area contributed by atoms with Gasteiger partial charge in [0.05, 0.1) is 7.11 Å². The Morgan fingerprint density at radius 3 is 3.00 bits per heavy atom. The fourth-order valence-electron chi connectivity index (χ4n) is 2.27. The zero-order valence-corrected chi connectivity index (χ0v) is 12.7. The number of amides is 1. The van der Waals surface area contributed by atoms with Gasteiger partial charge in [-0.1, -0.05) is 12.1 Å². The van der Waals surface area contributed by atoms with Crippen LogP contribution in [0, 0.1) is 0 Å². The summed E-state index contributed by atoms with van der Waals surface area (Å²) in [4.78, 5) is 15.9. The number of ether oxygens (including phenoxy) is 1. The molecule has 0 radical (unpaired) electrons. The second-order valence-corrected chi connectivity index (χ2v) is 6.64. The minimum absolute atomic E-state index is 0.0762. The van der Waals surface area contributed by atoms with E-state index >= 15 is 0 Å². The first-order valence-corrected chi connectivity index (χ1v) is 8.32. The number of hydrogen-bond donors (Lipinski definition) is 0. The molecule has 0 unspecified atom stereocenters. The third-order valence-corrected chi connectivity index (χ3v) is 5.57. The average molecular weight is 305 g/mol. The number of hydrogen-bond acceptors (Lipinski definition) is 4. The largest absolute Gasteiger partial charge is 0.497 e. The van der Waals surface area contributed by atoms with E-state index in [1.165, 1.54) is 4.88 Å². The molecule has 1 atom stereocenters. The van der Waals surface area contributed by atoms with Gasteiger partial charge < -0.3 is 9.64 Å². The molecular formula is C15H15NO2S2. The van der Waals surface area contributed by atoms with Gasteiger partial charge in [-0.2, -0.15) is 0 Å². The van der Waals surface area contributed by atoms with E-state index in [0.29, 0.717) is 5.56 Å². The Labute approximate surface area is 126 Å². The van der Waals surface area contributed by atoms with Crippen molar-refractivity contribution in [3.05, 3.63) is 52.2 Å². The number of benzene rings is 1. The van der Waals surface area contributed by atoms with E-state index in [1.54, 1.807) is 24.5 Å². The SMILES string of the molecule is COc1cccc(C(=O)N2CCS[C@H]2c2cccs2)c1. The van der Waals surface area contributed by atoms with Crippen LogP contribution in [0.15, 0.2) is 41.8 Å². The van der Waals surface area contributed by atoms with Crippen molar-refractivity contribution >= 4 is 29.0 Å². The summed E-state index contributed by atoms with van der Waals surface area (Å²) in [5.74, 6) is 1.78. The van der Waals surface area contributed by atoms with Crippen LogP contribution in [0.5, 0.6) is 5.75 Å². The normalized spacial score (nSPS) is 18.2. The van der Waals surface area contributed by atoms with Gasteiger partial charge in [0.25, 0.3) is 5.91 Å². The van der Waals surface area contributed by atoms with Crippen molar-refractivity contribution in [3.8, 4) is 5.75 Å². The van der Waals surface area contributed by atoms with Crippen LogP contribution in [0.4, 0.5) is 0 Å². The van der Waals surface area contributed by atoms with Crippen molar-refractivity contribution in [2.75, 3.05) is 19.4 Å². The van der Waals surface area contributed by atoms with Crippen molar-refractivity contribution in [1.82, 2.24) is 4.90 Å². The second kappa shape index (κ2) is 5.89. The van der Waals surface area contributed by atoms with Gasteiger partial charge in [0.15, 0.2) is 0 Å².